The number of amides is 1. The molecule has 0 atom stereocenters. The predicted octanol–water partition coefficient (Wildman–Crippen LogP) is 4.21. The number of hydrogen-bond acceptors (Lipinski definition) is 3. The van der Waals surface area contributed by atoms with Crippen molar-refractivity contribution in [3.8, 4) is 0 Å². The number of halogens is 3. The van der Waals surface area contributed by atoms with Gasteiger partial charge in [0.2, 0.25) is 0 Å². The van der Waals surface area contributed by atoms with E-state index in [0.29, 0.717) is 41.5 Å². The van der Waals surface area contributed by atoms with Crippen LogP contribution in [0.3, 0.4) is 0 Å². The molecule has 0 spiro atoms. The van der Waals surface area contributed by atoms with Crippen molar-refractivity contribution in [1.29, 1.82) is 0 Å². The van der Waals surface area contributed by atoms with Crippen molar-refractivity contribution in [2.75, 3.05) is 13.1 Å². The monoisotopic (exact) mass is 415 g/mol. The van der Waals surface area contributed by atoms with Gasteiger partial charge in [-0.3, -0.25) is 4.79 Å². The maximum absolute atomic E-state index is 13.0. The molecule has 2 aromatic carbocycles. The van der Waals surface area contributed by atoms with E-state index in [2.05, 4.69) is 0 Å². The fourth-order valence-corrected chi connectivity index (χ4v) is 5.03. The van der Waals surface area contributed by atoms with E-state index < -0.39 is 20.9 Å². The molecule has 2 aromatic rings. The summed E-state index contributed by atoms with van der Waals surface area (Å²) in [6.07, 6.45) is 0.652. The molecular weight excluding hydrogens is 400 g/mol. The Bertz CT molecular complexity index is 924. The lowest BCUT2D eigenvalue weighted by molar-refractivity contribution is 0.0725. The standard InChI is InChI=1S/C18H16Cl2FNO3S/c19-16-6-1-12(11-17(16)20)18(23)22-9-7-15(8-10-22)26(24,25)14-4-2-13(21)3-5-14/h1-6,11,15H,7-10H2. The van der Waals surface area contributed by atoms with Crippen LogP contribution < -0.4 is 0 Å². The largest absolute Gasteiger partial charge is 0.339 e. The minimum atomic E-state index is -3.55. The highest BCUT2D eigenvalue weighted by Crippen LogP contribution is 2.27. The van der Waals surface area contributed by atoms with E-state index >= 15 is 0 Å². The number of nitrogens with zero attached hydrogens (tertiary/aromatic N) is 1. The molecule has 138 valence electrons. The molecule has 1 saturated heterocycles. The molecule has 1 aliphatic heterocycles. The Kier molecular flexibility index (Phi) is 5.55. The second-order valence-electron chi connectivity index (χ2n) is 6.12. The number of rotatable bonds is 3. The Balaban J connectivity index is 1.69. The minimum absolute atomic E-state index is 0.105. The number of hydrogen-bond donors (Lipinski definition) is 0. The minimum Gasteiger partial charge on any atom is -0.339 e. The summed E-state index contributed by atoms with van der Waals surface area (Å²) < 4.78 is 38.4. The van der Waals surface area contributed by atoms with Gasteiger partial charge in [0.05, 0.1) is 20.2 Å². The zero-order chi connectivity index (χ0) is 18.9. The van der Waals surface area contributed by atoms with E-state index in [4.69, 9.17) is 23.2 Å². The molecule has 0 N–H and O–H groups in total. The molecule has 0 bridgehead atoms. The van der Waals surface area contributed by atoms with E-state index in [-0.39, 0.29) is 10.8 Å². The van der Waals surface area contributed by atoms with E-state index in [0.717, 1.165) is 12.1 Å². The highest BCUT2D eigenvalue weighted by Gasteiger charge is 2.33. The smallest absolute Gasteiger partial charge is 0.253 e. The SMILES string of the molecule is O=C(c1ccc(Cl)c(Cl)c1)N1CCC(S(=O)(=O)c2ccc(F)cc2)CC1. The van der Waals surface area contributed by atoms with Crippen LogP contribution in [0, 0.1) is 5.82 Å². The van der Waals surface area contributed by atoms with Crippen LogP contribution in [0.5, 0.6) is 0 Å². The first-order valence-corrected chi connectivity index (χ1v) is 10.3. The lowest BCUT2D eigenvalue weighted by Gasteiger charge is -2.32. The van der Waals surface area contributed by atoms with Crippen LogP contribution in [-0.4, -0.2) is 37.6 Å². The molecule has 0 unspecified atom stereocenters. The van der Waals surface area contributed by atoms with Gasteiger partial charge < -0.3 is 4.90 Å². The van der Waals surface area contributed by atoms with Crippen LogP contribution in [-0.2, 0) is 9.84 Å². The summed E-state index contributed by atoms with van der Waals surface area (Å²) in [4.78, 5) is 14.3. The third-order valence-electron chi connectivity index (χ3n) is 4.48. The highest BCUT2D eigenvalue weighted by atomic mass is 35.5. The Morgan fingerprint density at radius 3 is 2.19 bits per heavy atom. The molecule has 1 heterocycles. The number of piperidine rings is 1. The van der Waals surface area contributed by atoms with Crippen LogP contribution in [0.4, 0.5) is 4.39 Å². The molecular formula is C18H16Cl2FNO3S. The van der Waals surface area contributed by atoms with Gasteiger partial charge in [0, 0.05) is 18.7 Å². The fraction of sp³-hybridized carbons (Fsp3) is 0.278. The zero-order valence-corrected chi connectivity index (χ0v) is 16.0. The number of benzene rings is 2. The summed E-state index contributed by atoms with van der Waals surface area (Å²) >= 11 is 11.8. The van der Waals surface area contributed by atoms with Crippen molar-refractivity contribution in [2.24, 2.45) is 0 Å². The Morgan fingerprint density at radius 2 is 1.62 bits per heavy atom. The normalized spacial score (nSPS) is 15.9. The van der Waals surface area contributed by atoms with Crippen LogP contribution in [0.1, 0.15) is 23.2 Å². The summed E-state index contributed by atoms with van der Waals surface area (Å²) in [6.45, 7) is 0.647. The predicted molar refractivity (Wildman–Crippen MR) is 99.0 cm³/mol. The molecule has 1 fully saturated rings. The average molecular weight is 416 g/mol. The van der Waals surface area contributed by atoms with Gasteiger partial charge in [-0.05, 0) is 55.3 Å². The second-order valence-corrected chi connectivity index (χ2v) is 9.16. The van der Waals surface area contributed by atoms with E-state index in [1.165, 1.54) is 18.2 Å². The third kappa shape index (κ3) is 3.87. The molecule has 1 aliphatic rings. The highest BCUT2D eigenvalue weighted by molar-refractivity contribution is 7.92. The quantitative estimate of drug-likeness (QED) is 0.705. The molecule has 1 amide bonds. The Morgan fingerprint density at radius 1 is 1.00 bits per heavy atom. The average Bonchev–Trinajstić information content (AvgIpc) is 2.64. The zero-order valence-electron chi connectivity index (χ0n) is 13.7. The van der Waals surface area contributed by atoms with Crippen molar-refractivity contribution >= 4 is 38.9 Å². The third-order valence-corrected chi connectivity index (χ3v) is 7.49. The maximum atomic E-state index is 13.0. The molecule has 26 heavy (non-hydrogen) atoms. The summed E-state index contributed by atoms with van der Waals surface area (Å²) in [5.74, 6) is -0.688. The Labute approximate surface area is 161 Å². The van der Waals surface area contributed by atoms with Crippen LogP contribution in [0.2, 0.25) is 10.0 Å². The van der Waals surface area contributed by atoms with Gasteiger partial charge in [-0.25, -0.2) is 12.8 Å². The van der Waals surface area contributed by atoms with Crippen molar-refractivity contribution in [3.63, 3.8) is 0 Å². The molecule has 0 aromatic heterocycles. The van der Waals surface area contributed by atoms with Gasteiger partial charge >= 0.3 is 0 Å². The van der Waals surface area contributed by atoms with Gasteiger partial charge in [-0.1, -0.05) is 23.2 Å². The summed E-state index contributed by atoms with van der Waals surface area (Å²) in [5.41, 5.74) is 0.416. The van der Waals surface area contributed by atoms with E-state index in [9.17, 15) is 17.6 Å². The summed E-state index contributed by atoms with van der Waals surface area (Å²) in [7, 11) is -3.55. The number of carbonyl (C=O) groups is 1. The first kappa shape index (κ1) is 19.1. The molecule has 8 heteroatoms. The van der Waals surface area contributed by atoms with Gasteiger partial charge in [-0.2, -0.15) is 0 Å². The van der Waals surface area contributed by atoms with Gasteiger partial charge in [0.1, 0.15) is 5.82 Å². The topological polar surface area (TPSA) is 54.5 Å². The molecule has 4 nitrogen and oxygen atoms in total. The molecule has 0 aliphatic carbocycles. The van der Waals surface area contributed by atoms with Crippen molar-refractivity contribution in [3.05, 3.63) is 63.9 Å². The van der Waals surface area contributed by atoms with Gasteiger partial charge in [-0.15, -0.1) is 0 Å². The van der Waals surface area contributed by atoms with Crippen molar-refractivity contribution in [2.45, 2.75) is 23.0 Å². The van der Waals surface area contributed by atoms with Crippen LogP contribution >= 0.6 is 23.2 Å². The second kappa shape index (κ2) is 7.55. The van der Waals surface area contributed by atoms with Gasteiger partial charge in [0.15, 0.2) is 9.84 Å². The van der Waals surface area contributed by atoms with E-state index in [1.807, 2.05) is 0 Å². The van der Waals surface area contributed by atoms with Crippen molar-refractivity contribution < 1.29 is 17.6 Å². The maximum Gasteiger partial charge on any atom is 0.253 e. The van der Waals surface area contributed by atoms with Crippen LogP contribution in [0.25, 0.3) is 0 Å². The first-order chi connectivity index (χ1) is 12.3. The van der Waals surface area contributed by atoms with Gasteiger partial charge in [0.25, 0.3) is 5.91 Å². The Hall–Kier alpha value is -1.63. The lowest BCUT2D eigenvalue weighted by Crippen LogP contribution is -2.42. The first-order valence-electron chi connectivity index (χ1n) is 8.03. The van der Waals surface area contributed by atoms with E-state index in [1.54, 1.807) is 17.0 Å². The number of sulfone groups is 1. The molecule has 0 radical (unpaired) electrons. The summed E-state index contributed by atoms with van der Waals surface area (Å²) in [6, 6.07) is 9.48. The molecule has 3 rings (SSSR count). The summed E-state index contributed by atoms with van der Waals surface area (Å²) in [5, 5.41) is 0.0735. The fourth-order valence-electron chi connectivity index (χ4n) is 3.00. The van der Waals surface area contributed by atoms with Crippen LogP contribution in [0.15, 0.2) is 47.4 Å². The number of carbonyl (C=O) groups excluding carboxylic acids is 1. The van der Waals surface area contributed by atoms with Crippen molar-refractivity contribution in [1.82, 2.24) is 4.90 Å². The lowest BCUT2D eigenvalue weighted by atomic mass is 10.1. The number of likely N-dealkylation sites (tertiary alicyclic amines) is 1. The molecule has 0 saturated carbocycles.